The van der Waals surface area contributed by atoms with Crippen LogP contribution in [0.3, 0.4) is 0 Å². The number of ether oxygens (including phenoxy) is 1. The van der Waals surface area contributed by atoms with Crippen molar-refractivity contribution in [1.29, 1.82) is 0 Å². The quantitative estimate of drug-likeness (QED) is 0.267. The molecule has 2 unspecified atom stereocenters. The van der Waals surface area contributed by atoms with Gasteiger partial charge in [-0.3, -0.25) is 4.99 Å². The van der Waals surface area contributed by atoms with E-state index in [0.29, 0.717) is 25.0 Å². The molecule has 0 saturated carbocycles. The van der Waals surface area contributed by atoms with Gasteiger partial charge in [-0.25, -0.2) is 0 Å². The predicted molar refractivity (Wildman–Crippen MR) is 135 cm³/mol. The number of aliphatic hydroxyl groups excluding tert-OH is 1. The topological polar surface area (TPSA) is 79.0 Å². The highest BCUT2D eigenvalue weighted by molar-refractivity contribution is 14.0. The monoisotopic (exact) mass is 541 g/mol. The van der Waals surface area contributed by atoms with E-state index < -0.39 is 6.10 Å². The Balaban J connectivity index is 0.00000341. The van der Waals surface area contributed by atoms with Crippen molar-refractivity contribution in [3.8, 4) is 0 Å². The third-order valence-electron chi connectivity index (χ3n) is 5.41. The van der Waals surface area contributed by atoms with Crippen LogP contribution in [0.5, 0.6) is 0 Å². The molecule has 3 rings (SSSR count). The minimum Gasteiger partial charge on any atom is -0.469 e. The van der Waals surface area contributed by atoms with E-state index in [1.54, 1.807) is 6.26 Å². The van der Waals surface area contributed by atoms with Gasteiger partial charge in [-0.2, -0.15) is 0 Å². The van der Waals surface area contributed by atoms with Crippen molar-refractivity contribution in [2.75, 3.05) is 32.8 Å². The summed E-state index contributed by atoms with van der Waals surface area (Å²) in [7, 11) is 0. The molecule has 172 valence electrons. The molecule has 0 bridgehead atoms. The van der Waals surface area contributed by atoms with Gasteiger partial charge in [0, 0.05) is 32.0 Å². The number of guanidine groups is 1. The number of nitrogens with zero attached hydrogens (tertiary/aromatic N) is 1. The number of nitrogens with one attached hydrogen (secondary N) is 2. The van der Waals surface area contributed by atoms with Gasteiger partial charge in [0.25, 0.3) is 0 Å². The number of hydrogen-bond acceptors (Lipinski definition) is 4. The molecule has 0 aliphatic carbocycles. The van der Waals surface area contributed by atoms with Crippen molar-refractivity contribution in [1.82, 2.24) is 10.6 Å². The van der Waals surface area contributed by atoms with Crippen LogP contribution >= 0.6 is 24.0 Å². The molecule has 1 aliphatic heterocycles. The van der Waals surface area contributed by atoms with Gasteiger partial charge in [-0.1, -0.05) is 45.0 Å². The highest BCUT2D eigenvalue weighted by Gasteiger charge is 2.17. The summed E-state index contributed by atoms with van der Waals surface area (Å²) < 4.78 is 10.8. The summed E-state index contributed by atoms with van der Waals surface area (Å²) in [5, 5.41) is 17.4. The largest absolute Gasteiger partial charge is 0.469 e. The lowest BCUT2D eigenvalue weighted by molar-refractivity contribution is 0.185. The first-order valence-corrected chi connectivity index (χ1v) is 10.8. The summed E-state index contributed by atoms with van der Waals surface area (Å²) in [5.74, 6) is 2.14. The zero-order valence-corrected chi connectivity index (χ0v) is 21.1. The van der Waals surface area contributed by atoms with E-state index in [1.165, 1.54) is 5.56 Å². The molecule has 2 atom stereocenters. The second-order valence-electron chi connectivity index (χ2n) is 8.94. The standard InChI is InChI=1S/C24H35N3O3.HI/c1-24(2,3)20-8-6-19(7-9-20)22(28)16-27-23(26-15-18-11-14-29-17-18)25-12-10-21-5-4-13-30-21;/h4-9,13,18,22,28H,10-12,14-17H2,1-3H3,(H2,25,26,27);1H. The Morgan fingerprint density at radius 1 is 1.19 bits per heavy atom. The van der Waals surface area contributed by atoms with Crippen LogP contribution < -0.4 is 10.6 Å². The number of rotatable bonds is 8. The molecule has 1 fully saturated rings. The third kappa shape index (κ3) is 8.46. The SMILES string of the molecule is CC(C)(C)c1ccc(C(O)CN=C(NCCc2ccco2)NCC2CCOC2)cc1.I. The van der Waals surface area contributed by atoms with Crippen LogP contribution in [-0.2, 0) is 16.6 Å². The molecule has 2 heterocycles. The van der Waals surface area contributed by atoms with Gasteiger partial charge in [0.05, 0.1) is 25.5 Å². The highest BCUT2D eigenvalue weighted by atomic mass is 127. The first-order chi connectivity index (χ1) is 14.4. The van der Waals surface area contributed by atoms with Crippen molar-refractivity contribution in [2.24, 2.45) is 10.9 Å². The molecule has 0 radical (unpaired) electrons. The van der Waals surface area contributed by atoms with E-state index in [9.17, 15) is 5.11 Å². The van der Waals surface area contributed by atoms with Crippen molar-refractivity contribution in [2.45, 2.75) is 45.1 Å². The fraction of sp³-hybridized carbons (Fsp3) is 0.542. The molecule has 2 aromatic rings. The molecule has 1 aromatic carbocycles. The second kappa shape index (κ2) is 12.5. The Hall–Kier alpha value is -1.58. The van der Waals surface area contributed by atoms with E-state index in [-0.39, 0.29) is 29.4 Å². The summed E-state index contributed by atoms with van der Waals surface area (Å²) in [6, 6.07) is 12.0. The Labute approximate surface area is 202 Å². The summed E-state index contributed by atoms with van der Waals surface area (Å²) in [4.78, 5) is 4.62. The van der Waals surface area contributed by atoms with Gasteiger partial charge < -0.3 is 24.9 Å². The Morgan fingerprint density at radius 2 is 1.97 bits per heavy atom. The van der Waals surface area contributed by atoms with Crippen LogP contribution in [0.25, 0.3) is 0 Å². The molecule has 7 heteroatoms. The molecule has 3 N–H and O–H groups in total. The maximum absolute atomic E-state index is 10.6. The molecule has 0 amide bonds. The van der Waals surface area contributed by atoms with Crippen LogP contribution in [0.2, 0.25) is 0 Å². The summed E-state index contributed by atoms with van der Waals surface area (Å²) in [6.07, 6.45) is 2.88. The fourth-order valence-electron chi connectivity index (χ4n) is 3.41. The average Bonchev–Trinajstić information content (AvgIpc) is 3.43. The predicted octanol–water partition coefficient (Wildman–Crippen LogP) is 4.04. The van der Waals surface area contributed by atoms with Crippen LogP contribution in [-0.4, -0.2) is 43.9 Å². The number of aliphatic hydroxyl groups is 1. The molecular formula is C24H36IN3O3. The normalized spacial score (nSPS) is 17.8. The minimum atomic E-state index is -0.641. The average molecular weight is 541 g/mol. The van der Waals surface area contributed by atoms with Gasteiger partial charge in [0.1, 0.15) is 5.76 Å². The van der Waals surface area contributed by atoms with Crippen LogP contribution in [0.15, 0.2) is 52.1 Å². The molecule has 1 aliphatic rings. The van der Waals surface area contributed by atoms with Gasteiger partial charge in [-0.15, -0.1) is 24.0 Å². The first kappa shape index (κ1) is 25.7. The lowest BCUT2D eigenvalue weighted by Gasteiger charge is -2.20. The summed E-state index contributed by atoms with van der Waals surface area (Å²) in [5.41, 5.74) is 2.23. The lowest BCUT2D eigenvalue weighted by atomic mass is 9.86. The van der Waals surface area contributed by atoms with Crippen LogP contribution in [0, 0.1) is 5.92 Å². The third-order valence-corrected chi connectivity index (χ3v) is 5.41. The maximum Gasteiger partial charge on any atom is 0.191 e. The Morgan fingerprint density at radius 3 is 2.58 bits per heavy atom. The molecule has 31 heavy (non-hydrogen) atoms. The lowest BCUT2D eigenvalue weighted by Crippen LogP contribution is -2.41. The number of hydrogen-bond donors (Lipinski definition) is 3. The molecule has 1 saturated heterocycles. The zero-order valence-electron chi connectivity index (χ0n) is 18.8. The van der Waals surface area contributed by atoms with Gasteiger partial charge in [-0.05, 0) is 35.1 Å². The zero-order chi connectivity index (χ0) is 21.4. The minimum absolute atomic E-state index is 0. The van der Waals surface area contributed by atoms with Crippen LogP contribution in [0.4, 0.5) is 0 Å². The van der Waals surface area contributed by atoms with E-state index >= 15 is 0 Å². The van der Waals surface area contributed by atoms with Gasteiger partial charge >= 0.3 is 0 Å². The van der Waals surface area contributed by atoms with Gasteiger partial charge in [0.15, 0.2) is 5.96 Å². The number of benzene rings is 1. The highest BCUT2D eigenvalue weighted by Crippen LogP contribution is 2.24. The maximum atomic E-state index is 10.6. The summed E-state index contributed by atoms with van der Waals surface area (Å²) in [6.45, 7) is 9.98. The molecule has 1 aromatic heterocycles. The molecular weight excluding hydrogens is 505 g/mol. The number of halogens is 1. The van der Waals surface area contributed by atoms with Crippen LogP contribution in [0.1, 0.15) is 50.2 Å². The fourth-order valence-corrected chi connectivity index (χ4v) is 3.41. The second-order valence-corrected chi connectivity index (χ2v) is 8.94. The van der Waals surface area contributed by atoms with Gasteiger partial charge in [0.2, 0.25) is 0 Å². The molecule has 6 nitrogen and oxygen atoms in total. The van der Waals surface area contributed by atoms with Crippen molar-refractivity contribution in [3.05, 3.63) is 59.5 Å². The first-order valence-electron chi connectivity index (χ1n) is 10.8. The van der Waals surface area contributed by atoms with E-state index in [2.05, 4.69) is 48.5 Å². The Kier molecular flexibility index (Phi) is 10.3. The Bertz CT molecular complexity index is 779. The van der Waals surface area contributed by atoms with Crippen molar-refractivity contribution >= 4 is 29.9 Å². The van der Waals surface area contributed by atoms with E-state index in [1.807, 2.05) is 24.3 Å². The number of furan rings is 1. The van der Waals surface area contributed by atoms with Crippen molar-refractivity contribution < 1.29 is 14.3 Å². The van der Waals surface area contributed by atoms with Crippen molar-refractivity contribution in [3.63, 3.8) is 0 Å². The van der Waals surface area contributed by atoms with E-state index in [0.717, 1.165) is 43.9 Å². The van der Waals surface area contributed by atoms with E-state index in [4.69, 9.17) is 9.15 Å². The molecule has 0 spiro atoms. The number of aliphatic imine (C=N–C) groups is 1. The summed E-state index contributed by atoms with van der Waals surface area (Å²) >= 11 is 0. The smallest absolute Gasteiger partial charge is 0.191 e.